The van der Waals surface area contributed by atoms with Gasteiger partial charge < -0.3 is 4.74 Å². The maximum Gasteiger partial charge on any atom is 0.243 e. The average Bonchev–Trinajstić information content (AvgIpc) is 2.72. The maximum atomic E-state index is 12.6. The van der Waals surface area contributed by atoms with Gasteiger partial charge in [0.15, 0.2) is 0 Å². The molecule has 0 atom stereocenters. The molecule has 7 nitrogen and oxygen atoms in total. The van der Waals surface area contributed by atoms with E-state index in [1.54, 1.807) is 36.4 Å². The topological polar surface area (TPSA) is 92.8 Å². The van der Waals surface area contributed by atoms with E-state index in [1.165, 1.54) is 16.4 Å². The first-order valence-corrected chi connectivity index (χ1v) is 12.5. The standard InChI is InChI=1S/C20H26N2O5S2/c1-17-5-9-19(10-6-17)28(23,24)21-13-16-27-18-7-11-20(12-8-18)29(25,26)22-14-3-2-4-15-22/h5-12,21H,2-4,13-16H2,1H3. The van der Waals surface area contributed by atoms with Crippen LogP contribution in [0.15, 0.2) is 58.3 Å². The summed E-state index contributed by atoms with van der Waals surface area (Å²) < 4.78 is 59.3. The van der Waals surface area contributed by atoms with Crippen LogP contribution in [0.25, 0.3) is 0 Å². The molecule has 1 saturated heterocycles. The minimum Gasteiger partial charge on any atom is -0.492 e. The van der Waals surface area contributed by atoms with E-state index in [0.717, 1.165) is 24.8 Å². The normalized spacial score (nSPS) is 15.9. The highest BCUT2D eigenvalue weighted by molar-refractivity contribution is 7.89. The SMILES string of the molecule is Cc1ccc(S(=O)(=O)NCCOc2ccc(S(=O)(=O)N3CCCCC3)cc2)cc1. The molecule has 158 valence electrons. The fourth-order valence-corrected chi connectivity index (χ4v) is 5.64. The van der Waals surface area contributed by atoms with Crippen LogP contribution in [-0.2, 0) is 20.0 Å². The Morgan fingerprint density at radius 3 is 2.07 bits per heavy atom. The van der Waals surface area contributed by atoms with Crippen LogP contribution >= 0.6 is 0 Å². The summed E-state index contributed by atoms with van der Waals surface area (Å²) in [4.78, 5) is 0.446. The number of piperidine rings is 1. The first-order valence-electron chi connectivity index (χ1n) is 9.58. The van der Waals surface area contributed by atoms with Crippen molar-refractivity contribution in [2.24, 2.45) is 0 Å². The quantitative estimate of drug-likeness (QED) is 0.640. The average molecular weight is 439 g/mol. The van der Waals surface area contributed by atoms with Crippen LogP contribution in [-0.4, -0.2) is 47.4 Å². The van der Waals surface area contributed by atoms with Gasteiger partial charge in [-0.1, -0.05) is 24.1 Å². The highest BCUT2D eigenvalue weighted by atomic mass is 32.2. The van der Waals surface area contributed by atoms with Gasteiger partial charge >= 0.3 is 0 Å². The van der Waals surface area contributed by atoms with E-state index in [-0.39, 0.29) is 22.9 Å². The number of sulfonamides is 2. The van der Waals surface area contributed by atoms with Gasteiger partial charge in [0.1, 0.15) is 12.4 Å². The summed E-state index contributed by atoms with van der Waals surface area (Å²) in [7, 11) is -7.06. The van der Waals surface area contributed by atoms with Gasteiger partial charge in [0.25, 0.3) is 0 Å². The Hall–Kier alpha value is -1.94. The number of aryl methyl sites for hydroxylation is 1. The molecule has 0 unspecified atom stereocenters. The molecule has 1 heterocycles. The Balaban J connectivity index is 1.52. The lowest BCUT2D eigenvalue weighted by Crippen LogP contribution is -2.35. The lowest BCUT2D eigenvalue weighted by Gasteiger charge is -2.25. The molecule has 1 aliphatic rings. The van der Waals surface area contributed by atoms with E-state index in [9.17, 15) is 16.8 Å². The van der Waals surface area contributed by atoms with Crippen molar-refractivity contribution >= 4 is 20.0 Å². The molecule has 0 radical (unpaired) electrons. The fraction of sp³-hybridized carbons (Fsp3) is 0.400. The first-order chi connectivity index (χ1) is 13.8. The van der Waals surface area contributed by atoms with Gasteiger partial charge in [-0.25, -0.2) is 21.6 Å². The Kier molecular flexibility index (Phi) is 6.94. The van der Waals surface area contributed by atoms with Crippen molar-refractivity contribution in [3.05, 3.63) is 54.1 Å². The minimum atomic E-state index is -3.58. The van der Waals surface area contributed by atoms with Crippen molar-refractivity contribution in [1.82, 2.24) is 9.03 Å². The van der Waals surface area contributed by atoms with Crippen molar-refractivity contribution in [3.8, 4) is 5.75 Å². The first kappa shape index (κ1) is 21.8. The van der Waals surface area contributed by atoms with Crippen LogP contribution in [0.5, 0.6) is 5.75 Å². The summed E-state index contributed by atoms with van der Waals surface area (Å²) in [6.07, 6.45) is 2.84. The van der Waals surface area contributed by atoms with Crippen LogP contribution in [0.2, 0.25) is 0 Å². The maximum absolute atomic E-state index is 12.6. The molecule has 0 amide bonds. The van der Waals surface area contributed by atoms with Crippen molar-refractivity contribution < 1.29 is 21.6 Å². The summed E-state index contributed by atoms with van der Waals surface area (Å²) in [5.41, 5.74) is 0.984. The third-order valence-corrected chi connectivity index (χ3v) is 8.16. The van der Waals surface area contributed by atoms with Crippen molar-refractivity contribution in [2.45, 2.75) is 36.0 Å². The molecule has 0 saturated carbocycles. The van der Waals surface area contributed by atoms with E-state index in [1.807, 2.05) is 6.92 Å². The van der Waals surface area contributed by atoms with Crippen LogP contribution in [0.4, 0.5) is 0 Å². The van der Waals surface area contributed by atoms with Gasteiger partial charge in [0, 0.05) is 19.6 Å². The van der Waals surface area contributed by atoms with Crippen molar-refractivity contribution in [1.29, 1.82) is 0 Å². The monoisotopic (exact) mass is 438 g/mol. The van der Waals surface area contributed by atoms with Gasteiger partial charge in [0.05, 0.1) is 9.79 Å². The highest BCUT2D eigenvalue weighted by Gasteiger charge is 2.25. The number of nitrogens with one attached hydrogen (secondary N) is 1. The van der Waals surface area contributed by atoms with Gasteiger partial charge in [-0.05, 0) is 56.2 Å². The fourth-order valence-electron chi connectivity index (χ4n) is 3.11. The number of hydrogen-bond donors (Lipinski definition) is 1. The minimum absolute atomic E-state index is 0.101. The smallest absolute Gasteiger partial charge is 0.243 e. The van der Waals surface area contributed by atoms with Gasteiger partial charge in [-0.15, -0.1) is 0 Å². The summed E-state index contributed by atoms with van der Waals surface area (Å²) in [6, 6.07) is 12.8. The zero-order valence-electron chi connectivity index (χ0n) is 16.4. The molecule has 0 bridgehead atoms. The van der Waals surface area contributed by atoms with Crippen LogP contribution in [0.1, 0.15) is 24.8 Å². The van der Waals surface area contributed by atoms with Gasteiger partial charge in [-0.2, -0.15) is 4.31 Å². The molecule has 1 aliphatic heterocycles. The molecule has 9 heteroatoms. The second-order valence-corrected chi connectivity index (χ2v) is 10.7. The number of hydrogen-bond acceptors (Lipinski definition) is 5. The second-order valence-electron chi connectivity index (χ2n) is 7.00. The Bertz CT molecular complexity index is 1010. The van der Waals surface area contributed by atoms with Crippen molar-refractivity contribution in [2.75, 3.05) is 26.2 Å². The van der Waals surface area contributed by atoms with E-state index >= 15 is 0 Å². The van der Waals surface area contributed by atoms with E-state index in [2.05, 4.69) is 4.72 Å². The second kappa shape index (κ2) is 9.25. The Morgan fingerprint density at radius 1 is 0.862 bits per heavy atom. The van der Waals surface area contributed by atoms with Gasteiger partial charge in [-0.3, -0.25) is 0 Å². The number of benzene rings is 2. The zero-order chi connectivity index (χ0) is 20.9. The Labute approximate surface area is 172 Å². The number of nitrogens with zero attached hydrogens (tertiary/aromatic N) is 1. The predicted molar refractivity (Wildman–Crippen MR) is 111 cm³/mol. The molecule has 3 rings (SSSR count). The third kappa shape index (κ3) is 5.57. The molecular formula is C20H26N2O5S2. The lowest BCUT2D eigenvalue weighted by molar-refractivity contribution is 0.322. The molecule has 1 fully saturated rings. The van der Waals surface area contributed by atoms with Gasteiger partial charge in [0.2, 0.25) is 20.0 Å². The molecule has 0 aliphatic carbocycles. The van der Waals surface area contributed by atoms with Crippen LogP contribution in [0.3, 0.4) is 0 Å². The zero-order valence-corrected chi connectivity index (χ0v) is 18.0. The summed E-state index contributed by atoms with van der Waals surface area (Å²) in [6.45, 7) is 3.23. The van der Waals surface area contributed by atoms with E-state index in [0.29, 0.717) is 18.8 Å². The number of ether oxygens (including phenoxy) is 1. The molecule has 0 spiro atoms. The van der Waals surface area contributed by atoms with Crippen LogP contribution in [0, 0.1) is 6.92 Å². The van der Waals surface area contributed by atoms with Crippen LogP contribution < -0.4 is 9.46 Å². The molecule has 0 aromatic heterocycles. The van der Waals surface area contributed by atoms with E-state index < -0.39 is 20.0 Å². The molecule has 29 heavy (non-hydrogen) atoms. The largest absolute Gasteiger partial charge is 0.492 e. The van der Waals surface area contributed by atoms with Crippen molar-refractivity contribution in [3.63, 3.8) is 0 Å². The highest BCUT2D eigenvalue weighted by Crippen LogP contribution is 2.22. The third-order valence-electron chi connectivity index (χ3n) is 4.77. The molecule has 2 aromatic carbocycles. The lowest BCUT2D eigenvalue weighted by atomic mass is 10.2. The number of rotatable bonds is 8. The molecule has 1 N–H and O–H groups in total. The summed E-state index contributed by atoms with van der Waals surface area (Å²) in [5, 5.41) is 0. The predicted octanol–water partition coefficient (Wildman–Crippen LogP) is 2.53. The molecular weight excluding hydrogens is 412 g/mol. The molecule has 2 aromatic rings. The Morgan fingerprint density at radius 2 is 1.45 bits per heavy atom. The van der Waals surface area contributed by atoms with E-state index in [4.69, 9.17) is 4.74 Å². The summed E-state index contributed by atoms with van der Waals surface area (Å²) >= 11 is 0. The summed E-state index contributed by atoms with van der Waals surface area (Å²) in [5.74, 6) is 0.483.